The summed E-state index contributed by atoms with van der Waals surface area (Å²) >= 11 is 2.02. The van der Waals surface area contributed by atoms with Crippen LogP contribution in [0.5, 0.6) is 0 Å². The third-order valence-electron chi connectivity index (χ3n) is 3.38. The van der Waals surface area contributed by atoms with Crippen LogP contribution in [0.2, 0.25) is 0 Å². The van der Waals surface area contributed by atoms with Crippen molar-refractivity contribution in [1.82, 2.24) is 5.43 Å². The normalized spacial score (nSPS) is 21.8. The van der Waals surface area contributed by atoms with E-state index in [1.54, 1.807) is 0 Å². The Balaban J connectivity index is 2.39. The average Bonchev–Trinajstić information content (AvgIpc) is 2.46. The fraction of sp³-hybridized carbons (Fsp3) is 1.00. The third kappa shape index (κ3) is 5.55. The summed E-state index contributed by atoms with van der Waals surface area (Å²) in [5.74, 6) is 7.66. The van der Waals surface area contributed by atoms with Crippen molar-refractivity contribution in [3.8, 4) is 0 Å². The minimum absolute atomic E-state index is 0.347. The lowest BCUT2D eigenvalue weighted by atomic mass is 9.93. The van der Waals surface area contributed by atoms with Crippen LogP contribution in [0.3, 0.4) is 0 Å². The number of hydrogen-bond acceptors (Lipinski definition) is 3. The first kappa shape index (κ1) is 14.3. The van der Waals surface area contributed by atoms with Crippen LogP contribution in [-0.2, 0) is 0 Å². The minimum Gasteiger partial charge on any atom is -0.271 e. The maximum Gasteiger partial charge on any atom is 0.0329 e. The van der Waals surface area contributed by atoms with Gasteiger partial charge in [-0.05, 0) is 18.8 Å². The van der Waals surface area contributed by atoms with Crippen molar-refractivity contribution < 1.29 is 0 Å². The van der Waals surface area contributed by atoms with Crippen LogP contribution in [0.15, 0.2) is 0 Å². The van der Waals surface area contributed by atoms with Crippen LogP contribution in [0.25, 0.3) is 0 Å². The van der Waals surface area contributed by atoms with Crippen LogP contribution in [0.1, 0.15) is 59.3 Å². The van der Waals surface area contributed by atoms with Crippen molar-refractivity contribution in [3.63, 3.8) is 0 Å². The van der Waals surface area contributed by atoms with E-state index in [-0.39, 0.29) is 0 Å². The summed E-state index contributed by atoms with van der Waals surface area (Å²) in [4.78, 5) is 0. The van der Waals surface area contributed by atoms with Crippen molar-refractivity contribution >= 4 is 11.8 Å². The fourth-order valence-electron chi connectivity index (χ4n) is 2.37. The van der Waals surface area contributed by atoms with E-state index in [0.29, 0.717) is 10.8 Å². The molecule has 0 amide bonds. The predicted octanol–water partition coefficient (Wildman–Crippen LogP) is 3.32. The molecule has 1 fully saturated rings. The molecule has 3 N–H and O–H groups in total. The lowest BCUT2D eigenvalue weighted by Gasteiger charge is -2.28. The van der Waals surface area contributed by atoms with Gasteiger partial charge in [-0.1, -0.05) is 46.5 Å². The molecular weight excluding hydrogens is 216 g/mol. The standard InChI is InChI=1S/C13H28N2S/c1-13(2,3)16-10-12(15-14)11-8-6-4-5-7-9-11/h11-12,15H,4-10,14H2,1-3H3. The number of nitrogens with two attached hydrogens (primary N) is 1. The van der Waals surface area contributed by atoms with E-state index in [2.05, 4.69) is 26.2 Å². The van der Waals surface area contributed by atoms with Crippen molar-refractivity contribution in [1.29, 1.82) is 0 Å². The van der Waals surface area contributed by atoms with E-state index in [0.717, 1.165) is 11.7 Å². The molecule has 1 aliphatic rings. The summed E-state index contributed by atoms with van der Waals surface area (Å²) in [6.45, 7) is 6.83. The van der Waals surface area contributed by atoms with Crippen molar-refractivity contribution in [2.45, 2.75) is 70.1 Å². The SMILES string of the molecule is CC(C)(C)SCC(NN)C1CCCCCC1. The van der Waals surface area contributed by atoms with Gasteiger partial charge in [-0.25, -0.2) is 0 Å². The molecule has 96 valence electrons. The zero-order chi connectivity index (χ0) is 12.0. The first-order valence-electron chi connectivity index (χ1n) is 6.63. The molecule has 0 aromatic heterocycles. The molecule has 0 spiro atoms. The maximum atomic E-state index is 5.72. The number of rotatable bonds is 4. The molecular formula is C13H28N2S. The Bertz CT molecular complexity index is 181. The van der Waals surface area contributed by atoms with E-state index >= 15 is 0 Å². The van der Waals surface area contributed by atoms with Gasteiger partial charge in [0.15, 0.2) is 0 Å². The van der Waals surface area contributed by atoms with Gasteiger partial charge in [0.2, 0.25) is 0 Å². The summed E-state index contributed by atoms with van der Waals surface area (Å²) < 4.78 is 0.347. The molecule has 0 aromatic rings. The van der Waals surface area contributed by atoms with Crippen LogP contribution in [0.4, 0.5) is 0 Å². The average molecular weight is 244 g/mol. The second-order valence-corrected chi connectivity index (χ2v) is 7.79. The molecule has 3 heteroatoms. The van der Waals surface area contributed by atoms with Gasteiger partial charge in [-0.2, -0.15) is 11.8 Å². The van der Waals surface area contributed by atoms with Gasteiger partial charge >= 0.3 is 0 Å². The zero-order valence-electron chi connectivity index (χ0n) is 11.1. The predicted molar refractivity (Wildman–Crippen MR) is 74.5 cm³/mol. The maximum absolute atomic E-state index is 5.72. The Morgan fingerprint density at radius 1 is 1.19 bits per heavy atom. The first-order chi connectivity index (χ1) is 7.53. The number of thioether (sulfide) groups is 1. The summed E-state index contributed by atoms with van der Waals surface area (Å²) in [6.07, 6.45) is 8.34. The second kappa shape index (κ2) is 6.87. The largest absolute Gasteiger partial charge is 0.271 e. The van der Waals surface area contributed by atoms with E-state index in [9.17, 15) is 0 Å². The number of nitrogens with one attached hydrogen (secondary N) is 1. The number of hydrogen-bond donors (Lipinski definition) is 2. The highest BCUT2D eigenvalue weighted by atomic mass is 32.2. The molecule has 0 aliphatic heterocycles. The Hall–Kier alpha value is 0.270. The Labute approximate surface area is 105 Å². The monoisotopic (exact) mass is 244 g/mol. The highest BCUT2D eigenvalue weighted by molar-refractivity contribution is 8.00. The summed E-state index contributed by atoms with van der Waals surface area (Å²) in [7, 11) is 0. The first-order valence-corrected chi connectivity index (χ1v) is 7.61. The van der Waals surface area contributed by atoms with E-state index in [1.165, 1.54) is 38.5 Å². The van der Waals surface area contributed by atoms with Gasteiger partial charge in [0.05, 0.1) is 0 Å². The molecule has 0 saturated heterocycles. The molecule has 2 nitrogen and oxygen atoms in total. The molecule has 1 rings (SSSR count). The van der Waals surface area contributed by atoms with Crippen LogP contribution in [-0.4, -0.2) is 16.5 Å². The van der Waals surface area contributed by atoms with Crippen molar-refractivity contribution in [2.24, 2.45) is 11.8 Å². The topological polar surface area (TPSA) is 38.0 Å². The molecule has 0 bridgehead atoms. The zero-order valence-corrected chi connectivity index (χ0v) is 11.9. The lowest BCUT2D eigenvalue weighted by Crippen LogP contribution is -2.43. The molecule has 16 heavy (non-hydrogen) atoms. The fourth-order valence-corrected chi connectivity index (χ4v) is 3.42. The quantitative estimate of drug-likeness (QED) is 0.452. The molecule has 0 aromatic carbocycles. The van der Waals surface area contributed by atoms with E-state index in [1.807, 2.05) is 11.8 Å². The van der Waals surface area contributed by atoms with Gasteiger partial charge in [-0.15, -0.1) is 0 Å². The third-order valence-corrected chi connectivity index (χ3v) is 4.77. The van der Waals surface area contributed by atoms with Crippen molar-refractivity contribution in [2.75, 3.05) is 5.75 Å². The highest BCUT2D eigenvalue weighted by Gasteiger charge is 2.23. The lowest BCUT2D eigenvalue weighted by molar-refractivity contribution is 0.346. The second-order valence-electron chi connectivity index (χ2n) is 5.95. The molecule has 0 heterocycles. The number of hydrazine groups is 1. The molecule has 1 aliphatic carbocycles. The van der Waals surface area contributed by atoms with Gasteiger partial charge in [0.1, 0.15) is 0 Å². The summed E-state index contributed by atoms with van der Waals surface area (Å²) in [5.41, 5.74) is 3.05. The smallest absolute Gasteiger partial charge is 0.0329 e. The Morgan fingerprint density at radius 3 is 2.19 bits per heavy atom. The molecule has 1 saturated carbocycles. The Morgan fingerprint density at radius 2 is 1.75 bits per heavy atom. The molecule has 1 unspecified atom stereocenters. The Kier molecular flexibility index (Phi) is 6.16. The van der Waals surface area contributed by atoms with Gasteiger partial charge in [0, 0.05) is 16.5 Å². The van der Waals surface area contributed by atoms with E-state index < -0.39 is 0 Å². The summed E-state index contributed by atoms with van der Waals surface area (Å²) in [6, 6.07) is 0.502. The molecule has 0 radical (unpaired) electrons. The van der Waals surface area contributed by atoms with E-state index in [4.69, 9.17) is 5.84 Å². The summed E-state index contributed by atoms with van der Waals surface area (Å²) in [5, 5.41) is 0. The van der Waals surface area contributed by atoms with Gasteiger partial charge in [-0.3, -0.25) is 11.3 Å². The minimum atomic E-state index is 0.347. The van der Waals surface area contributed by atoms with Crippen LogP contribution < -0.4 is 11.3 Å². The molecule has 1 atom stereocenters. The van der Waals surface area contributed by atoms with Gasteiger partial charge < -0.3 is 0 Å². The van der Waals surface area contributed by atoms with Crippen LogP contribution in [0, 0.1) is 5.92 Å². The van der Waals surface area contributed by atoms with Crippen LogP contribution >= 0.6 is 11.8 Å². The van der Waals surface area contributed by atoms with Crippen molar-refractivity contribution in [3.05, 3.63) is 0 Å². The van der Waals surface area contributed by atoms with Gasteiger partial charge in [0.25, 0.3) is 0 Å². The highest BCUT2D eigenvalue weighted by Crippen LogP contribution is 2.30.